The second-order valence-electron chi connectivity index (χ2n) is 2.87. The Morgan fingerprint density at radius 3 is 1.94 bits per heavy atom. The highest BCUT2D eigenvalue weighted by molar-refractivity contribution is 6.21. The summed E-state index contributed by atoms with van der Waals surface area (Å²) in [7, 11) is 0. The van der Waals surface area contributed by atoms with E-state index in [0.29, 0.717) is 6.21 Å². The van der Waals surface area contributed by atoms with Gasteiger partial charge in [0, 0.05) is 6.54 Å². The SMILES string of the molecule is O=C(O)C=NCCN(CC(=O)O)CC(=O)O. The number of hydrogen-bond acceptors (Lipinski definition) is 5. The van der Waals surface area contributed by atoms with Crippen molar-refractivity contribution >= 4 is 24.1 Å². The average Bonchev–Trinajstić information content (AvgIpc) is 2.09. The molecular weight excluding hydrogens is 220 g/mol. The van der Waals surface area contributed by atoms with Gasteiger partial charge in [0.15, 0.2) is 0 Å². The molecule has 0 aromatic heterocycles. The Balaban J connectivity index is 4.05. The van der Waals surface area contributed by atoms with Gasteiger partial charge in [-0.25, -0.2) is 4.79 Å². The highest BCUT2D eigenvalue weighted by atomic mass is 16.4. The zero-order chi connectivity index (χ0) is 12.6. The van der Waals surface area contributed by atoms with E-state index in [1.54, 1.807) is 0 Å². The number of carboxylic acids is 3. The highest BCUT2D eigenvalue weighted by Crippen LogP contribution is 1.88. The van der Waals surface area contributed by atoms with Gasteiger partial charge in [0.05, 0.1) is 19.6 Å². The second-order valence-corrected chi connectivity index (χ2v) is 2.87. The first-order chi connectivity index (χ1) is 7.41. The predicted molar refractivity (Wildman–Crippen MR) is 52.7 cm³/mol. The van der Waals surface area contributed by atoms with Gasteiger partial charge >= 0.3 is 17.9 Å². The van der Waals surface area contributed by atoms with Crippen molar-refractivity contribution in [2.75, 3.05) is 26.2 Å². The van der Waals surface area contributed by atoms with Crippen LogP contribution in [0.2, 0.25) is 0 Å². The van der Waals surface area contributed by atoms with Gasteiger partial charge in [-0.2, -0.15) is 0 Å². The molecule has 0 saturated heterocycles. The van der Waals surface area contributed by atoms with Gasteiger partial charge in [-0.3, -0.25) is 19.5 Å². The molecule has 0 aromatic carbocycles. The molecule has 0 aliphatic heterocycles. The number of rotatable bonds is 8. The van der Waals surface area contributed by atoms with E-state index in [1.807, 2.05) is 0 Å². The van der Waals surface area contributed by atoms with Gasteiger partial charge in [-0.1, -0.05) is 0 Å². The average molecular weight is 232 g/mol. The van der Waals surface area contributed by atoms with Crippen molar-refractivity contribution in [2.24, 2.45) is 4.99 Å². The third kappa shape index (κ3) is 8.63. The second kappa shape index (κ2) is 7.35. The third-order valence-corrected chi connectivity index (χ3v) is 1.46. The van der Waals surface area contributed by atoms with Crippen LogP contribution in [0, 0.1) is 0 Å². The van der Waals surface area contributed by atoms with Crippen LogP contribution < -0.4 is 0 Å². The lowest BCUT2D eigenvalue weighted by Gasteiger charge is -2.15. The molecule has 0 unspecified atom stereocenters. The first-order valence-electron chi connectivity index (χ1n) is 4.30. The van der Waals surface area contributed by atoms with Crippen LogP contribution in [-0.4, -0.2) is 70.5 Å². The van der Waals surface area contributed by atoms with Crippen molar-refractivity contribution in [3.05, 3.63) is 0 Å². The summed E-state index contributed by atoms with van der Waals surface area (Å²) in [6.45, 7) is -0.737. The minimum absolute atomic E-state index is 0.0346. The maximum Gasteiger partial charge on any atom is 0.346 e. The molecule has 3 N–H and O–H groups in total. The van der Waals surface area contributed by atoms with Gasteiger partial charge in [0.1, 0.15) is 6.21 Å². The van der Waals surface area contributed by atoms with Gasteiger partial charge in [0.2, 0.25) is 0 Å². The molecule has 0 aliphatic rings. The van der Waals surface area contributed by atoms with E-state index in [0.717, 1.165) is 4.90 Å². The van der Waals surface area contributed by atoms with Crippen molar-refractivity contribution in [2.45, 2.75) is 0 Å². The van der Waals surface area contributed by atoms with Crippen molar-refractivity contribution in [3.63, 3.8) is 0 Å². The van der Waals surface area contributed by atoms with Gasteiger partial charge in [-0.05, 0) is 0 Å². The monoisotopic (exact) mass is 232 g/mol. The van der Waals surface area contributed by atoms with E-state index < -0.39 is 31.0 Å². The minimum Gasteiger partial charge on any atom is -0.480 e. The molecule has 0 rings (SSSR count). The lowest BCUT2D eigenvalue weighted by atomic mass is 10.4. The van der Waals surface area contributed by atoms with Gasteiger partial charge in [0.25, 0.3) is 0 Å². The van der Waals surface area contributed by atoms with Crippen LogP contribution in [0.25, 0.3) is 0 Å². The quantitative estimate of drug-likeness (QED) is 0.439. The number of aliphatic carboxylic acids is 3. The maximum absolute atomic E-state index is 10.4. The summed E-state index contributed by atoms with van der Waals surface area (Å²) in [6.07, 6.45) is 0.680. The molecule has 0 radical (unpaired) electrons. The number of aliphatic imine (C=N–C) groups is 1. The summed E-state index contributed by atoms with van der Waals surface area (Å²) in [5.74, 6) is -3.50. The Labute approximate surface area is 90.8 Å². The van der Waals surface area contributed by atoms with Crippen LogP contribution in [0.1, 0.15) is 0 Å². The molecule has 0 aliphatic carbocycles. The summed E-state index contributed by atoms with van der Waals surface area (Å²) in [4.78, 5) is 35.4. The molecule has 8 nitrogen and oxygen atoms in total. The van der Waals surface area contributed by atoms with E-state index in [-0.39, 0.29) is 13.1 Å². The van der Waals surface area contributed by atoms with Crippen molar-refractivity contribution in [1.29, 1.82) is 0 Å². The first-order valence-corrected chi connectivity index (χ1v) is 4.30. The summed E-state index contributed by atoms with van der Waals surface area (Å²) >= 11 is 0. The van der Waals surface area contributed by atoms with Crippen LogP contribution in [0.15, 0.2) is 4.99 Å². The number of nitrogens with zero attached hydrogens (tertiary/aromatic N) is 2. The summed E-state index contributed by atoms with van der Waals surface area (Å²) in [6, 6.07) is 0. The smallest absolute Gasteiger partial charge is 0.346 e. The molecular formula is C8H12N2O6. The van der Waals surface area contributed by atoms with E-state index in [2.05, 4.69) is 4.99 Å². The fourth-order valence-electron chi connectivity index (χ4n) is 0.938. The van der Waals surface area contributed by atoms with Crippen LogP contribution >= 0.6 is 0 Å². The third-order valence-electron chi connectivity index (χ3n) is 1.46. The molecule has 0 amide bonds. The molecule has 8 heteroatoms. The molecule has 0 heterocycles. The highest BCUT2D eigenvalue weighted by Gasteiger charge is 2.12. The number of carbonyl (C=O) groups is 3. The Morgan fingerprint density at radius 2 is 1.56 bits per heavy atom. The van der Waals surface area contributed by atoms with E-state index in [1.165, 1.54) is 0 Å². The summed E-state index contributed by atoms with van der Waals surface area (Å²) in [5, 5.41) is 25.2. The topological polar surface area (TPSA) is 128 Å². The lowest BCUT2D eigenvalue weighted by molar-refractivity contribution is -0.141. The predicted octanol–water partition coefficient (Wildman–Crippen LogP) is -1.39. The summed E-state index contributed by atoms with van der Waals surface area (Å²) in [5.41, 5.74) is 0. The zero-order valence-electron chi connectivity index (χ0n) is 8.37. The van der Waals surface area contributed by atoms with E-state index >= 15 is 0 Å². The Kier molecular flexibility index (Phi) is 6.45. The Morgan fingerprint density at radius 1 is 1.06 bits per heavy atom. The van der Waals surface area contributed by atoms with Gasteiger partial charge < -0.3 is 15.3 Å². The zero-order valence-corrected chi connectivity index (χ0v) is 8.37. The molecule has 0 spiro atoms. The van der Waals surface area contributed by atoms with Crippen LogP contribution in [0.5, 0.6) is 0 Å². The molecule has 90 valence electrons. The molecule has 0 saturated carbocycles. The first kappa shape index (κ1) is 14.0. The van der Waals surface area contributed by atoms with E-state index in [9.17, 15) is 14.4 Å². The fraction of sp³-hybridized carbons (Fsp3) is 0.500. The molecule has 0 aromatic rings. The minimum atomic E-state index is -1.21. The summed E-state index contributed by atoms with van der Waals surface area (Å²) < 4.78 is 0. The lowest BCUT2D eigenvalue weighted by Crippen LogP contribution is -2.36. The largest absolute Gasteiger partial charge is 0.480 e. The van der Waals surface area contributed by atoms with Crippen molar-refractivity contribution in [3.8, 4) is 0 Å². The standard InChI is InChI=1S/C8H12N2O6/c11-6(12)3-9-1-2-10(4-7(13)14)5-8(15)16/h3H,1-2,4-5H2,(H,11,12)(H,13,14)(H,15,16). The van der Waals surface area contributed by atoms with Crippen LogP contribution in [0.3, 0.4) is 0 Å². The normalized spacial score (nSPS) is 10.8. The van der Waals surface area contributed by atoms with Crippen LogP contribution in [-0.2, 0) is 14.4 Å². The Bertz CT molecular complexity index is 285. The van der Waals surface area contributed by atoms with Crippen molar-refractivity contribution in [1.82, 2.24) is 4.90 Å². The Hall–Kier alpha value is -1.96. The molecule has 0 fully saturated rings. The molecule has 16 heavy (non-hydrogen) atoms. The van der Waals surface area contributed by atoms with Crippen LogP contribution in [0.4, 0.5) is 0 Å². The maximum atomic E-state index is 10.4. The number of hydrogen-bond donors (Lipinski definition) is 3. The number of carboxylic acid groups (broad SMARTS) is 3. The van der Waals surface area contributed by atoms with E-state index in [4.69, 9.17) is 15.3 Å². The van der Waals surface area contributed by atoms with Gasteiger partial charge in [-0.15, -0.1) is 0 Å². The molecule has 0 atom stereocenters. The van der Waals surface area contributed by atoms with Crippen molar-refractivity contribution < 1.29 is 29.7 Å². The fourth-order valence-corrected chi connectivity index (χ4v) is 0.938. The molecule has 0 bridgehead atoms.